The molecule has 1 aromatic heterocycles. The van der Waals surface area contributed by atoms with Crippen molar-refractivity contribution in [1.29, 1.82) is 0 Å². The zero-order valence-electron chi connectivity index (χ0n) is 9.79. The molecule has 2 aromatic rings. The molecule has 2 rings (SSSR count). The summed E-state index contributed by atoms with van der Waals surface area (Å²) in [6, 6.07) is 7.35. The van der Waals surface area contributed by atoms with E-state index < -0.39 is 0 Å². The van der Waals surface area contributed by atoms with Crippen LogP contribution in [-0.2, 0) is 0 Å². The molecule has 0 unspecified atom stereocenters. The highest BCUT2D eigenvalue weighted by atomic mass is 79.9. The molecule has 18 heavy (non-hydrogen) atoms. The molecule has 0 spiro atoms. The first kappa shape index (κ1) is 13.8. The van der Waals surface area contributed by atoms with E-state index >= 15 is 0 Å². The second-order valence-electron chi connectivity index (χ2n) is 3.71. The minimum atomic E-state index is -0.0238. The summed E-state index contributed by atoms with van der Waals surface area (Å²) in [7, 11) is 1.56. The van der Waals surface area contributed by atoms with Crippen molar-refractivity contribution in [3.05, 3.63) is 48.5 Å². The van der Waals surface area contributed by atoms with Crippen LogP contribution in [-0.4, -0.2) is 12.9 Å². The SMILES string of the molecule is COc1cc(Br)ccc1C(=O)c1sc(C)cc1Br. The Morgan fingerprint density at radius 3 is 2.56 bits per heavy atom. The van der Waals surface area contributed by atoms with Crippen molar-refractivity contribution in [3.8, 4) is 5.75 Å². The predicted molar refractivity (Wildman–Crippen MR) is 80.9 cm³/mol. The quantitative estimate of drug-likeness (QED) is 0.703. The first-order valence-corrected chi connectivity index (χ1v) is 7.57. The summed E-state index contributed by atoms with van der Waals surface area (Å²) in [5, 5.41) is 0. The molecule has 5 heteroatoms. The molecular formula is C13H10Br2O2S. The van der Waals surface area contributed by atoms with Crippen LogP contribution < -0.4 is 4.74 Å². The summed E-state index contributed by atoms with van der Waals surface area (Å²) in [6.45, 7) is 1.98. The third-order valence-corrected chi connectivity index (χ3v) is 4.85. The number of thiophene rings is 1. The van der Waals surface area contributed by atoms with Gasteiger partial charge in [-0.2, -0.15) is 0 Å². The van der Waals surface area contributed by atoms with Gasteiger partial charge in [-0.25, -0.2) is 0 Å². The zero-order valence-corrected chi connectivity index (χ0v) is 13.8. The van der Waals surface area contributed by atoms with E-state index in [1.165, 1.54) is 11.3 Å². The van der Waals surface area contributed by atoms with E-state index in [4.69, 9.17) is 4.74 Å². The van der Waals surface area contributed by atoms with Gasteiger partial charge in [0.1, 0.15) is 5.75 Å². The molecule has 0 aliphatic rings. The minimum absolute atomic E-state index is 0.0238. The van der Waals surface area contributed by atoms with Crippen LogP contribution in [0, 0.1) is 6.92 Å². The Kier molecular flexibility index (Phi) is 4.25. The van der Waals surface area contributed by atoms with Crippen LogP contribution in [0.2, 0.25) is 0 Å². The number of carbonyl (C=O) groups is 1. The molecule has 1 heterocycles. The Labute approximate surface area is 126 Å². The lowest BCUT2D eigenvalue weighted by molar-refractivity contribution is 0.103. The molecule has 0 fully saturated rings. The molecule has 0 N–H and O–H groups in total. The maximum absolute atomic E-state index is 12.5. The maximum atomic E-state index is 12.5. The Bertz CT molecular complexity index is 605. The van der Waals surface area contributed by atoms with Gasteiger partial charge in [0, 0.05) is 13.8 Å². The van der Waals surface area contributed by atoms with Gasteiger partial charge in [-0.05, 0) is 47.1 Å². The van der Waals surface area contributed by atoms with Gasteiger partial charge in [0.25, 0.3) is 0 Å². The number of ketones is 1. The number of methoxy groups -OCH3 is 1. The fraction of sp³-hybridized carbons (Fsp3) is 0.154. The smallest absolute Gasteiger partial charge is 0.207 e. The summed E-state index contributed by atoms with van der Waals surface area (Å²) in [5.41, 5.74) is 0.572. The number of rotatable bonds is 3. The van der Waals surface area contributed by atoms with Crippen molar-refractivity contribution in [3.63, 3.8) is 0 Å². The lowest BCUT2D eigenvalue weighted by atomic mass is 10.1. The lowest BCUT2D eigenvalue weighted by Crippen LogP contribution is -2.02. The molecule has 0 saturated carbocycles. The number of carbonyl (C=O) groups excluding carboxylic acids is 1. The topological polar surface area (TPSA) is 26.3 Å². The highest BCUT2D eigenvalue weighted by Gasteiger charge is 2.19. The fourth-order valence-corrected chi connectivity index (χ4v) is 3.73. The van der Waals surface area contributed by atoms with Gasteiger partial charge >= 0.3 is 0 Å². The van der Waals surface area contributed by atoms with Gasteiger partial charge in [-0.1, -0.05) is 15.9 Å². The summed E-state index contributed by atoms with van der Waals surface area (Å²) >= 11 is 8.26. The highest BCUT2D eigenvalue weighted by molar-refractivity contribution is 9.10. The Morgan fingerprint density at radius 2 is 2.00 bits per heavy atom. The van der Waals surface area contributed by atoms with E-state index in [0.29, 0.717) is 16.2 Å². The van der Waals surface area contributed by atoms with E-state index in [9.17, 15) is 4.79 Å². The van der Waals surface area contributed by atoms with Crippen LogP contribution in [0.5, 0.6) is 5.75 Å². The van der Waals surface area contributed by atoms with E-state index in [1.54, 1.807) is 19.2 Å². The number of ether oxygens (including phenoxy) is 1. The van der Waals surface area contributed by atoms with Crippen molar-refractivity contribution in [2.75, 3.05) is 7.11 Å². The van der Waals surface area contributed by atoms with E-state index in [0.717, 1.165) is 13.8 Å². The third kappa shape index (κ3) is 2.68. The van der Waals surface area contributed by atoms with Crippen LogP contribution in [0.15, 0.2) is 33.2 Å². The molecule has 0 saturated heterocycles. The second kappa shape index (κ2) is 5.55. The van der Waals surface area contributed by atoms with Gasteiger partial charge in [0.05, 0.1) is 17.6 Å². The van der Waals surface area contributed by atoms with Crippen LogP contribution >= 0.6 is 43.2 Å². The molecule has 0 amide bonds. The third-order valence-electron chi connectivity index (χ3n) is 2.42. The zero-order chi connectivity index (χ0) is 13.3. The Balaban J connectivity index is 2.49. The van der Waals surface area contributed by atoms with E-state index in [1.807, 2.05) is 19.1 Å². The van der Waals surface area contributed by atoms with Gasteiger partial charge in [-0.3, -0.25) is 4.79 Å². The Hall–Kier alpha value is -0.650. The van der Waals surface area contributed by atoms with Gasteiger partial charge in [-0.15, -0.1) is 11.3 Å². The van der Waals surface area contributed by atoms with Crippen molar-refractivity contribution >= 4 is 49.0 Å². The number of hydrogen-bond acceptors (Lipinski definition) is 3. The highest BCUT2D eigenvalue weighted by Crippen LogP contribution is 2.32. The molecular weight excluding hydrogens is 380 g/mol. The van der Waals surface area contributed by atoms with Crippen molar-refractivity contribution in [2.24, 2.45) is 0 Å². The summed E-state index contributed by atoms with van der Waals surface area (Å²) < 4.78 is 6.97. The van der Waals surface area contributed by atoms with Crippen molar-refractivity contribution in [2.45, 2.75) is 6.92 Å². The van der Waals surface area contributed by atoms with Crippen molar-refractivity contribution < 1.29 is 9.53 Å². The van der Waals surface area contributed by atoms with E-state index in [2.05, 4.69) is 31.9 Å². The number of benzene rings is 1. The van der Waals surface area contributed by atoms with E-state index in [-0.39, 0.29) is 5.78 Å². The second-order valence-corrected chi connectivity index (χ2v) is 6.73. The summed E-state index contributed by atoms with van der Waals surface area (Å²) in [5.74, 6) is 0.552. The average Bonchev–Trinajstić information content (AvgIpc) is 2.67. The van der Waals surface area contributed by atoms with Crippen LogP contribution in [0.3, 0.4) is 0 Å². The van der Waals surface area contributed by atoms with Gasteiger partial charge in [0.2, 0.25) is 5.78 Å². The summed E-state index contributed by atoms with van der Waals surface area (Å²) in [4.78, 5) is 14.3. The molecule has 1 aromatic carbocycles. The fourth-order valence-electron chi connectivity index (χ4n) is 1.61. The van der Waals surface area contributed by atoms with Gasteiger partial charge < -0.3 is 4.74 Å². The van der Waals surface area contributed by atoms with Crippen LogP contribution in [0.25, 0.3) is 0 Å². The molecule has 0 aliphatic carbocycles. The molecule has 94 valence electrons. The maximum Gasteiger partial charge on any atom is 0.207 e. The molecule has 0 atom stereocenters. The lowest BCUT2D eigenvalue weighted by Gasteiger charge is -2.07. The monoisotopic (exact) mass is 388 g/mol. The molecule has 0 bridgehead atoms. The first-order valence-electron chi connectivity index (χ1n) is 5.17. The standard InChI is InChI=1S/C13H10Br2O2S/c1-7-5-10(15)13(18-7)12(16)9-4-3-8(14)6-11(9)17-2/h3-6H,1-2H3. The average molecular weight is 390 g/mol. The normalized spacial score (nSPS) is 10.4. The molecule has 2 nitrogen and oxygen atoms in total. The van der Waals surface area contributed by atoms with Crippen molar-refractivity contribution in [1.82, 2.24) is 0 Å². The molecule has 0 aliphatic heterocycles. The predicted octanol–water partition coefficient (Wildman–Crippen LogP) is 4.82. The van der Waals surface area contributed by atoms with Crippen LogP contribution in [0.1, 0.15) is 20.1 Å². The minimum Gasteiger partial charge on any atom is -0.496 e. The largest absolute Gasteiger partial charge is 0.496 e. The molecule has 0 radical (unpaired) electrons. The van der Waals surface area contributed by atoms with Gasteiger partial charge in [0.15, 0.2) is 0 Å². The first-order chi connectivity index (χ1) is 8.52. The number of halogens is 2. The van der Waals surface area contributed by atoms with Crippen LogP contribution in [0.4, 0.5) is 0 Å². The summed E-state index contributed by atoms with van der Waals surface area (Å²) in [6.07, 6.45) is 0. The number of aryl methyl sites for hydroxylation is 1. The Morgan fingerprint density at radius 1 is 1.28 bits per heavy atom. The number of hydrogen-bond donors (Lipinski definition) is 0.